The van der Waals surface area contributed by atoms with Crippen LogP contribution in [-0.2, 0) is 19.5 Å². The molecule has 59 valence electrons. The molecule has 0 unspecified atom stereocenters. The van der Waals surface area contributed by atoms with Crippen molar-refractivity contribution >= 4 is 0 Å². The summed E-state index contributed by atoms with van der Waals surface area (Å²) in [7, 11) is 0. The molecule has 0 aliphatic rings. The summed E-state index contributed by atoms with van der Waals surface area (Å²) < 4.78 is 0. The second-order valence-electron chi connectivity index (χ2n) is 2.71. The average Bonchev–Trinajstić information content (AvgIpc) is 1.25. The van der Waals surface area contributed by atoms with Crippen molar-refractivity contribution in [3.05, 3.63) is 18.1 Å². The van der Waals surface area contributed by atoms with Crippen LogP contribution in [0.4, 0.5) is 0 Å². The summed E-state index contributed by atoms with van der Waals surface area (Å²) in [6, 6.07) is 0. The van der Waals surface area contributed by atoms with Gasteiger partial charge in [-0.1, -0.05) is 5.57 Å². The van der Waals surface area contributed by atoms with Gasteiger partial charge in [0, 0.05) is 19.5 Å². The van der Waals surface area contributed by atoms with Crippen LogP contribution >= 0.6 is 0 Å². The van der Waals surface area contributed by atoms with Gasteiger partial charge in [0.05, 0.1) is 0 Å². The van der Waals surface area contributed by atoms with Crippen LogP contribution in [0.15, 0.2) is 12.2 Å². The fraction of sp³-hybridized carbons (Fsp3) is 0.625. The van der Waals surface area contributed by atoms with E-state index in [1.165, 1.54) is 11.5 Å². The largest absolute Gasteiger partial charge is 0.323 e. The van der Waals surface area contributed by atoms with Crippen molar-refractivity contribution in [1.82, 2.24) is 0 Å². The maximum absolute atomic E-state index is 3.56. The predicted molar refractivity (Wildman–Crippen MR) is 40.8 cm³/mol. The van der Waals surface area contributed by atoms with Crippen molar-refractivity contribution in [3.8, 4) is 0 Å². The first kappa shape index (κ1) is 16.2. The molecule has 0 bridgehead atoms. The minimum absolute atomic E-state index is 0. The van der Waals surface area contributed by atoms with E-state index in [4.69, 9.17) is 0 Å². The van der Waals surface area contributed by atoms with Gasteiger partial charge in [0.2, 0.25) is 0 Å². The second kappa shape index (κ2) is 11.2. The van der Waals surface area contributed by atoms with E-state index in [2.05, 4.69) is 27.4 Å². The van der Waals surface area contributed by atoms with Crippen LogP contribution in [0.25, 0.3) is 0 Å². The summed E-state index contributed by atoms with van der Waals surface area (Å²) in [6.07, 6.45) is 0. The first-order valence-corrected chi connectivity index (χ1v) is 2.85. The Balaban J connectivity index is -0.0000000720. The molecule has 0 N–H and O–H groups in total. The Kier molecular flexibility index (Phi) is 20.1. The molecule has 1 heteroatoms. The molecular formula is C8H17Rh-. The Hall–Kier alpha value is 0.363. The Morgan fingerprint density at radius 2 is 1.11 bits per heavy atom. The van der Waals surface area contributed by atoms with Crippen LogP contribution < -0.4 is 0 Å². The van der Waals surface area contributed by atoms with E-state index in [1.807, 2.05) is 13.8 Å². The number of hydrogen-bond donors (Lipinski definition) is 0. The van der Waals surface area contributed by atoms with Crippen molar-refractivity contribution in [1.29, 1.82) is 0 Å². The van der Waals surface area contributed by atoms with Crippen LogP contribution in [0.5, 0.6) is 0 Å². The summed E-state index contributed by atoms with van der Waals surface area (Å²) in [4.78, 5) is 0. The molecule has 9 heavy (non-hydrogen) atoms. The molecular weight excluding hydrogens is 199 g/mol. The van der Waals surface area contributed by atoms with Crippen LogP contribution in [-0.4, -0.2) is 0 Å². The summed E-state index contributed by atoms with van der Waals surface area (Å²) >= 11 is 0. The van der Waals surface area contributed by atoms with Crippen molar-refractivity contribution in [3.63, 3.8) is 0 Å². The molecule has 1 radical (unpaired) electrons. The summed E-state index contributed by atoms with van der Waals surface area (Å²) in [5, 5.41) is 0. The SMILES string of the molecule is C=C(C)C.C[C-](C)C.[Rh]. The van der Waals surface area contributed by atoms with E-state index in [1.54, 1.807) is 0 Å². The molecule has 0 atom stereocenters. The first-order valence-electron chi connectivity index (χ1n) is 2.85. The minimum Gasteiger partial charge on any atom is -0.323 e. The minimum atomic E-state index is 0. The maximum Gasteiger partial charge on any atom is 0 e. The third-order valence-corrected chi connectivity index (χ3v) is 0. The molecule has 0 aromatic carbocycles. The number of rotatable bonds is 0. The van der Waals surface area contributed by atoms with Crippen molar-refractivity contribution in [2.45, 2.75) is 34.6 Å². The Morgan fingerprint density at radius 1 is 1.11 bits per heavy atom. The van der Waals surface area contributed by atoms with Gasteiger partial charge in [-0.15, -0.1) is 6.58 Å². The van der Waals surface area contributed by atoms with Gasteiger partial charge in [0.25, 0.3) is 0 Å². The van der Waals surface area contributed by atoms with E-state index in [0.717, 1.165) is 0 Å². The van der Waals surface area contributed by atoms with E-state index >= 15 is 0 Å². The van der Waals surface area contributed by atoms with Gasteiger partial charge >= 0.3 is 0 Å². The third-order valence-electron chi connectivity index (χ3n) is 0. The average molecular weight is 216 g/mol. The van der Waals surface area contributed by atoms with Crippen molar-refractivity contribution in [2.24, 2.45) is 0 Å². The van der Waals surface area contributed by atoms with Crippen LogP contribution in [0.3, 0.4) is 0 Å². The number of hydrogen-bond acceptors (Lipinski definition) is 0. The molecule has 0 aromatic rings. The van der Waals surface area contributed by atoms with Gasteiger partial charge < -0.3 is 5.92 Å². The van der Waals surface area contributed by atoms with E-state index < -0.39 is 0 Å². The standard InChI is InChI=1S/C4H9.C4H8.Rh/c2*1-4(2)3;/h1-3H3;1H2,2-3H3;/q-1;;. The Bertz CT molecular complexity index is 48.8. The van der Waals surface area contributed by atoms with Gasteiger partial charge in [-0.05, 0) is 13.8 Å². The monoisotopic (exact) mass is 216 g/mol. The first-order chi connectivity index (χ1) is 3.46. The van der Waals surface area contributed by atoms with Gasteiger partial charge in [0.15, 0.2) is 0 Å². The molecule has 0 saturated heterocycles. The zero-order chi connectivity index (χ0) is 7.15. The topological polar surface area (TPSA) is 0 Å². The van der Waals surface area contributed by atoms with Crippen molar-refractivity contribution < 1.29 is 19.5 Å². The smallest absolute Gasteiger partial charge is 0 e. The molecule has 0 heterocycles. The molecule has 0 amide bonds. The van der Waals surface area contributed by atoms with Gasteiger partial charge in [-0.3, -0.25) is 0 Å². The van der Waals surface area contributed by atoms with E-state index in [9.17, 15) is 0 Å². The quantitative estimate of drug-likeness (QED) is 0.331. The zero-order valence-electron chi connectivity index (χ0n) is 7.04. The normalized spacial score (nSPS) is 6.89. The van der Waals surface area contributed by atoms with Gasteiger partial charge in [-0.2, -0.15) is 20.8 Å². The molecule has 0 spiro atoms. The zero-order valence-corrected chi connectivity index (χ0v) is 8.68. The summed E-state index contributed by atoms with van der Waals surface area (Å²) in [6.45, 7) is 13.8. The second-order valence-corrected chi connectivity index (χ2v) is 2.71. The van der Waals surface area contributed by atoms with Crippen LogP contribution in [0.2, 0.25) is 0 Å². The molecule has 0 aromatic heterocycles. The van der Waals surface area contributed by atoms with Gasteiger partial charge in [-0.25, -0.2) is 0 Å². The molecule has 0 aliphatic heterocycles. The molecule has 0 nitrogen and oxygen atoms in total. The van der Waals surface area contributed by atoms with E-state index in [0.29, 0.717) is 0 Å². The van der Waals surface area contributed by atoms with Crippen molar-refractivity contribution in [2.75, 3.05) is 0 Å². The van der Waals surface area contributed by atoms with E-state index in [-0.39, 0.29) is 19.5 Å². The van der Waals surface area contributed by atoms with Crippen LogP contribution in [0.1, 0.15) is 34.6 Å². The van der Waals surface area contributed by atoms with Crippen LogP contribution in [0, 0.1) is 5.92 Å². The fourth-order valence-corrected chi connectivity index (χ4v) is 0. The molecule has 0 saturated carbocycles. The molecule has 0 aliphatic carbocycles. The predicted octanol–water partition coefficient (Wildman–Crippen LogP) is 3.20. The fourth-order valence-electron chi connectivity index (χ4n) is 0. The summed E-state index contributed by atoms with van der Waals surface area (Å²) in [5.41, 5.74) is 1.17. The molecule has 0 rings (SSSR count). The Labute approximate surface area is 72.5 Å². The third kappa shape index (κ3) is 2560. The maximum atomic E-state index is 3.56. The summed E-state index contributed by atoms with van der Waals surface area (Å²) in [5.74, 6) is 1.42. The van der Waals surface area contributed by atoms with Gasteiger partial charge in [0.1, 0.15) is 0 Å². The number of allylic oxidation sites excluding steroid dienone is 1. The Morgan fingerprint density at radius 3 is 1.11 bits per heavy atom. The molecule has 0 fully saturated rings.